The Bertz CT molecular complexity index is 278. The first-order chi connectivity index (χ1) is 9.74. The van der Waals surface area contributed by atoms with Crippen LogP contribution in [0, 0.1) is 0 Å². The molecule has 2 unspecified atom stereocenters. The molecule has 0 radical (unpaired) electrons. The molecule has 0 bridgehead atoms. The largest absolute Gasteiger partial charge is 0.352 e. The van der Waals surface area contributed by atoms with Crippen molar-refractivity contribution < 1.29 is 4.79 Å². The number of hydrogen-bond acceptors (Lipinski definition) is 2. The Balaban J connectivity index is 1.96. The number of unbranched alkanes of at least 4 members (excludes halogenated alkanes) is 6. The molecular weight excluding hydrogens is 248 g/mol. The number of rotatable bonds is 10. The highest BCUT2D eigenvalue weighted by molar-refractivity contribution is 5.76. The Morgan fingerprint density at radius 2 is 1.75 bits per heavy atom. The molecule has 1 aliphatic carbocycles. The molecule has 3 nitrogen and oxygen atoms in total. The van der Waals surface area contributed by atoms with E-state index in [1.807, 2.05) is 6.08 Å². The maximum absolute atomic E-state index is 11.9. The Kier molecular flexibility index (Phi) is 9.38. The third-order valence-electron chi connectivity index (χ3n) is 4.23. The van der Waals surface area contributed by atoms with Crippen molar-refractivity contribution in [3.05, 3.63) is 12.7 Å². The molecule has 0 heterocycles. The summed E-state index contributed by atoms with van der Waals surface area (Å²) in [5.74, 6) is 0.194. The van der Waals surface area contributed by atoms with E-state index in [2.05, 4.69) is 11.9 Å². The fourth-order valence-corrected chi connectivity index (χ4v) is 2.90. The molecule has 1 amide bonds. The molecule has 0 aliphatic heterocycles. The molecule has 0 aromatic rings. The number of nitrogens with two attached hydrogens (primary N) is 1. The van der Waals surface area contributed by atoms with Crippen LogP contribution in [-0.4, -0.2) is 18.0 Å². The van der Waals surface area contributed by atoms with E-state index in [9.17, 15) is 4.79 Å². The van der Waals surface area contributed by atoms with Crippen LogP contribution < -0.4 is 11.1 Å². The zero-order chi connectivity index (χ0) is 14.6. The number of carbonyl (C=O) groups excluding carboxylic acids is 1. The highest BCUT2D eigenvalue weighted by Crippen LogP contribution is 2.17. The van der Waals surface area contributed by atoms with Crippen molar-refractivity contribution >= 4 is 5.91 Å². The van der Waals surface area contributed by atoms with Gasteiger partial charge in [-0.3, -0.25) is 4.79 Å². The zero-order valence-corrected chi connectivity index (χ0v) is 12.9. The Labute approximate surface area is 124 Å². The van der Waals surface area contributed by atoms with Gasteiger partial charge in [-0.05, 0) is 32.1 Å². The highest BCUT2D eigenvalue weighted by atomic mass is 16.1. The van der Waals surface area contributed by atoms with Gasteiger partial charge >= 0.3 is 0 Å². The van der Waals surface area contributed by atoms with E-state index in [0.717, 1.165) is 32.1 Å². The normalized spacial score (nSPS) is 22.4. The van der Waals surface area contributed by atoms with Crippen molar-refractivity contribution in [2.75, 3.05) is 0 Å². The molecule has 1 saturated carbocycles. The third kappa shape index (κ3) is 7.68. The van der Waals surface area contributed by atoms with Gasteiger partial charge in [-0.2, -0.15) is 0 Å². The lowest BCUT2D eigenvalue weighted by Gasteiger charge is -2.29. The molecule has 3 heteroatoms. The second-order valence-corrected chi connectivity index (χ2v) is 6.07. The summed E-state index contributed by atoms with van der Waals surface area (Å²) in [6.45, 7) is 3.73. The molecule has 2 atom stereocenters. The van der Waals surface area contributed by atoms with Crippen LogP contribution in [0.2, 0.25) is 0 Å². The molecule has 0 spiro atoms. The molecular formula is C17H32N2O. The summed E-state index contributed by atoms with van der Waals surface area (Å²) >= 11 is 0. The van der Waals surface area contributed by atoms with Crippen LogP contribution in [0.1, 0.15) is 77.0 Å². The Hall–Kier alpha value is -0.830. The number of amides is 1. The number of allylic oxidation sites excluding steroid dienone is 1. The Morgan fingerprint density at radius 1 is 1.10 bits per heavy atom. The van der Waals surface area contributed by atoms with Gasteiger partial charge in [-0.25, -0.2) is 0 Å². The van der Waals surface area contributed by atoms with Crippen LogP contribution in [0.3, 0.4) is 0 Å². The van der Waals surface area contributed by atoms with Crippen LogP contribution in [0.5, 0.6) is 0 Å². The Morgan fingerprint density at radius 3 is 2.45 bits per heavy atom. The molecule has 1 fully saturated rings. The fraction of sp³-hybridized carbons (Fsp3) is 0.824. The van der Waals surface area contributed by atoms with Crippen LogP contribution >= 0.6 is 0 Å². The van der Waals surface area contributed by atoms with Crippen molar-refractivity contribution in [2.24, 2.45) is 5.73 Å². The van der Waals surface area contributed by atoms with Gasteiger partial charge in [0.05, 0.1) is 0 Å². The van der Waals surface area contributed by atoms with Gasteiger partial charge in [0.1, 0.15) is 0 Å². The van der Waals surface area contributed by atoms with Gasteiger partial charge in [0.2, 0.25) is 5.91 Å². The lowest BCUT2D eigenvalue weighted by atomic mass is 9.91. The molecule has 0 aromatic carbocycles. The molecule has 20 heavy (non-hydrogen) atoms. The van der Waals surface area contributed by atoms with Crippen molar-refractivity contribution in [2.45, 2.75) is 89.1 Å². The molecule has 116 valence electrons. The predicted molar refractivity (Wildman–Crippen MR) is 85.5 cm³/mol. The lowest BCUT2D eigenvalue weighted by molar-refractivity contribution is -0.122. The minimum Gasteiger partial charge on any atom is -0.352 e. The molecule has 1 rings (SSSR count). The summed E-state index contributed by atoms with van der Waals surface area (Å²) in [6, 6.07) is 0.382. The third-order valence-corrected chi connectivity index (χ3v) is 4.23. The number of nitrogens with one attached hydrogen (secondary N) is 1. The van der Waals surface area contributed by atoms with E-state index in [1.165, 1.54) is 38.5 Å². The average Bonchev–Trinajstić information content (AvgIpc) is 2.44. The second kappa shape index (κ2) is 10.9. The molecule has 1 aliphatic rings. The first-order valence-electron chi connectivity index (χ1n) is 8.40. The lowest BCUT2D eigenvalue weighted by Crippen LogP contribution is -2.49. The van der Waals surface area contributed by atoms with Crippen molar-refractivity contribution in [1.82, 2.24) is 5.32 Å². The topological polar surface area (TPSA) is 55.1 Å². The highest BCUT2D eigenvalue weighted by Gasteiger charge is 2.22. The quantitative estimate of drug-likeness (QED) is 0.474. The monoisotopic (exact) mass is 280 g/mol. The van der Waals surface area contributed by atoms with Crippen LogP contribution in [0.4, 0.5) is 0 Å². The molecule has 0 aromatic heterocycles. The van der Waals surface area contributed by atoms with Crippen LogP contribution in [0.25, 0.3) is 0 Å². The first kappa shape index (κ1) is 17.2. The van der Waals surface area contributed by atoms with Gasteiger partial charge < -0.3 is 11.1 Å². The molecule has 3 N–H and O–H groups in total. The van der Waals surface area contributed by atoms with E-state index < -0.39 is 0 Å². The van der Waals surface area contributed by atoms with Gasteiger partial charge in [0.25, 0.3) is 0 Å². The van der Waals surface area contributed by atoms with Crippen molar-refractivity contribution in [3.8, 4) is 0 Å². The minimum absolute atomic E-state index is 0.164. The number of hydrogen-bond donors (Lipinski definition) is 2. The van der Waals surface area contributed by atoms with Gasteiger partial charge in [-0.15, -0.1) is 6.58 Å². The fourth-order valence-electron chi connectivity index (χ4n) is 2.90. The zero-order valence-electron chi connectivity index (χ0n) is 12.9. The smallest absolute Gasteiger partial charge is 0.220 e. The van der Waals surface area contributed by atoms with E-state index >= 15 is 0 Å². The maximum Gasteiger partial charge on any atom is 0.220 e. The SMILES string of the molecule is C=CCCCCCCCCC(=O)NC1CCCCC1N. The summed E-state index contributed by atoms with van der Waals surface area (Å²) in [5.41, 5.74) is 6.04. The first-order valence-corrected chi connectivity index (χ1v) is 8.40. The van der Waals surface area contributed by atoms with Crippen molar-refractivity contribution in [1.29, 1.82) is 0 Å². The standard InChI is InChI=1S/C17H32N2O/c1-2-3-4-5-6-7-8-9-14-17(20)19-16-13-11-10-12-15(16)18/h2,15-16H,1,3-14,18H2,(H,19,20). The minimum atomic E-state index is 0.164. The van der Waals surface area contributed by atoms with E-state index in [0.29, 0.717) is 6.42 Å². The summed E-state index contributed by atoms with van der Waals surface area (Å²) in [5, 5.41) is 3.11. The van der Waals surface area contributed by atoms with Crippen molar-refractivity contribution in [3.63, 3.8) is 0 Å². The maximum atomic E-state index is 11.9. The van der Waals surface area contributed by atoms with E-state index in [-0.39, 0.29) is 18.0 Å². The van der Waals surface area contributed by atoms with E-state index in [1.54, 1.807) is 0 Å². The average molecular weight is 280 g/mol. The summed E-state index contributed by atoms with van der Waals surface area (Å²) in [7, 11) is 0. The van der Waals surface area contributed by atoms with Gasteiger partial charge in [0, 0.05) is 18.5 Å². The van der Waals surface area contributed by atoms with Crippen LogP contribution in [-0.2, 0) is 4.79 Å². The second-order valence-electron chi connectivity index (χ2n) is 6.07. The van der Waals surface area contributed by atoms with Crippen LogP contribution in [0.15, 0.2) is 12.7 Å². The number of carbonyl (C=O) groups is 1. The van der Waals surface area contributed by atoms with Gasteiger partial charge in [0.15, 0.2) is 0 Å². The van der Waals surface area contributed by atoms with Gasteiger partial charge in [-0.1, -0.05) is 44.6 Å². The summed E-state index contributed by atoms with van der Waals surface area (Å²) in [6.07, 6.45) is 15.5. The molecule has 0 saturated heterocycles. The summed E-state index contributed by atoms with van der Waals surface area (Å²) < 4.78 is 0. The van der Waals surface area contributed by atoms with E-state index in [4.69, 9.17) is 5.73 Å². The summed E-state index contributed by atoms with van der Waals surface area (Å²) in [4.78, 5) is 11.9. The predicted octanol–water partition coefficient (Wildman–Crippen LogP) is 3.68.